The van der Waals surface area contributed by atoms with Gasteiger partial charge in [0.15, 0.2) is 9.84 Å². The van der Waals surface area contributed by atoms with Crippen molar-refractivity contribution in [3.8, 4) is 11.1 Å². The predicted molar refractivity (Wildman–Crippen MR) is 92.3 cm³/mol. The van der Waals surface area contributed by atoms with Crippen LogP contribution in [0.15, 0.2) is 47.4 Å². The van der Waals surface area contributed by atoms with Gasteiger partial charge in [-0.05, 0) is 36.6 Å². The highest BCUT2D eigenvalue weighted by atomic mass is 32.2. The number of amides is 1. The van der Waals surface area contributed by atoms with E-state index in [2.05, 4.69) is 5.32 Å². The molecule has 0 heterocycles. The summed E-state index contributed by atoms with van der Waals surface area (Å²) in [6, 6.07) is 10.5. The molecule has 2 N–H and O–H groups in total. The third kappa shape index (κ3) is 3.43. The standard InChI is InChI=1S/C18H18FNO4S/c1-25(23,24)16-5-3-2-4-13(16)12-6-7-15(14(19)10-12)20-17(22)18(11-21)8-9-18/h2-7,10,21H,8-9,11H2,1H3,(H,20,22). The highest BCUT2D eigenvalue weighted by molar-refractivity contribution is 7.90. The molecule has 0 unspecified atom stereocenters. The summed E-state index contributed by atoms with van der Waals surface area (Å²) in [7, 11) is -3.46. The lowest BCUT2D eigenvalue weighted by Gasteiger charge is -2.14. The molecule has 2 aromatic rings. The molecule has 0 radical (unpaired) electrons. The lowest BCUT2D eigenvalue weighted by molar-refractivity contribution is -0.122. The fourth-order valence-electron chi connectivity index (χ4n) is 2.68. The van der Waals surface area contributed by atoms with Gasteiger partial charge in [0.1, 0.15) is 5.82 Å². The lowest BCUT2D eigenvalue weighted by atomic mass is 10.0. The monoisotopic (exact) mass is 363 g/mol. The van der Waals surface area contributed by atoms with E-state index < -0.39 is 27.0 Å². The molecule has 0 bridgehead atoms. The van der Waals surface area contributed by atoms with E-state index in [0.717, 1.165) is 6.26 Å². The Balaban J connectivity index is 1.92. The Labute approximate surface area is 145 Å². The fourth-order valence-corrected chi connectivity index (χ4v) is 3.59. The molecule has 1 aliphatic rings. The highest BCUT2D eigenvalue weighted by Crippen LogP contribution is 2.46. The minimum atomic E-state index is -3.46. The van der Waals surface area contributed by atoms with E-state index in [-0.39, 0.29) is 17.2 Å². The number of carbonyl (C=O) groups excluding carboxylic acids is 1. The van der Waals surface area contributed by atoms with Crippen LogP contribution in [-0.4, -0.2) is 32.3 Å². The SMILES string of the molecule is CS(=O)(=O)c1ccccc1-c1ccc(NC(=O)C2(CO)CC2)c(F)c1. The number of aliphatic hydroxyl groups is 1. The quantitative estimate of drug-likeness (QED) is 0.855. The van der Waals surface area contributed by atoms with Gasteiger partial charge in [0.2, 0.25) is 5.91 Å². The molecule has 0 atom stereocenters. The van der Waals surface area contributed by atoms with Crippen molar-refractivity contribution in [2.75, 3.05) is 18.2 Å². The number of nitrogens with one attached hydrogen (secondary N) is 1. The van der Waals surface area contributed by atoms with Gasteiger partial charge < -0.3 is 10.4 Å². The van der Waals surface area contributed by atoms with Crippen molar-refractivity contribution < 1.29 is 22.7 Å². The molecule has 1 fully saturated rings. The summed E-state index contributed by atoms with van der Waals surface area (Å²) < 4.78 is 38.2. The van der Waals surface area contributed by atoms with Crippen molar-refractivity contribution in [2.45, 2.75) is 17.7 Å². The van der Waals surface area contributed by atoms with E-state index >= 15 is 0 Å². The van der Waals surface area contributed by atoms with Crippen LogP contribution in [0.2, 0.25) is 0 Å². The van der Waals surface area contributed by atoms with Gasteiger partial charge in [0.25, 0.3) is 0 Å². The van der Waals surface area contributed by atoms with Crippen molar-refractivity contribution >= 4 is 21.4 Å². The Hall–Kier alpha value is -2.25. The number of anilines is 1. The lowest BCUT2D eigenvalue weighted by Crippen LogP contribution is -2.27. The van der Waals surface area contributed by atoms with Crippen molar-refractivity contribution in [2.24, 2.45) is 5.41 Å². The second-order valence-corrected chi connectivity index (χ2v) is 8.34. The minimum absolute atomic E-state index is 0.00492. The van der Waals surface area contributed by atoms with Crippen LogP contribution in [0, 0.1) is 11.2 Å². The summed E-state index contributed by atoms with van der Waals surface area (Å²) in [5.41, 5.74) is 0.00879. The zero-order chi connectivity index (χ0) is 18.2. The van der Waals surface area contributed by atoms with Crippen LogP contribution in [0.25, 0.3) is 11.1 Å². The molecule has 1 amide bonds. The first-order chi connectivity index (χ1) is 11.8. The minimum Gasteiger partial charge on any atom is -0.395 e. The van der Waals surface area contributed by atoms with Crippen LogP contribution in [-0.2, 0) is 14.6 Å². The largest absolute Gasteiger partial charge is 0.395 e. The molecule has 0 aliphatic heterocycles. The Bertz CT molecular complexity index is 936. The normalized spacial score (nSPS) is 15.6. The second-order valence-electron chi connectivity index (χ2n) is 6.36. The van der Waals surface area contributed by atoms with Gasteiger partial charge in [-0.2, -0.15) is 0 Å². The maximum atomic E-state index is 14.4. The topological polar surface area (TPSA) is 83.5 Å². The number of aliphatic hydroxyl groups excluding tert-OH is 1. The highest BCUT2D eigenvalue weighted by Gasteiger charge is 2.49. The van der Waals surface area contributed by atoms with Gasteiger partial charge in [-0.25, -0.2) is 12.8 Å². The Morgan fingerprint density at radius 2 is 1.92 bits per heavy atom. The predicted octanol–water partition coefficient (Wildman–Crippen LogP) is 2.61. The number of rotatable bonds is 5. The summed E-state index contributed by atoms with van der Waals surface area (Å²) in [5, 5.41) is 11.8. The maximum Gasteiger partial charge on any atom is 0.232 e. The third-order valence-electron chi connectivity index (χ3n) is 4.45. The van der Waals surface area contributed by atoms with Crippen LogP contribution >= 0.6 is 0 Å². The summed E-state index contributed by atoms with van der Waals surface area (Å²) in [6.45, 7) is -0.264. The van der Waals surface area contributed by atoms with Crippen LogP contribution in [0.3, 0.4) is 0 Å². The van der Waals surface area contributed by atoms with Crippen molar-refractivity contribution in [1.29, 1.82) is 0 Å². The van der Waals surface area contributed by atoms with Gasteiger partial charge >= 0.3 is 0 Å². The number of halogens is 1. The van der Waals surface area contributed by atoms with Crippen molar-refractivity contribution in [3.05, 3.63) is 48.3 Å². The molecule has 1 aliphatic carbocycles. The first-order valence-electron chi connectivity index (χ1n) is 7.78. The van der Waals surface area contributed by atoms with Gasteiger partial charge in [-0.15, -0.1) is 0 Å². The average molecular weight is 363 g/mol. The number of benzene rings is 2. The zero-order valence-corrected chi connectivity index (χ0v) is 14.4. The molecule has 5 nitrogen and oxygen atoms in total. The van der Waals surface area contributed by atoms with Gasteiger partial charge in [0.05, 0.1) is 22.6 Å². The smallest absolute Gasteiger partial charge is 0.232 e. The van der Waals surface area contributed by atoms with Crippen molar-refractivity contribution in [1.82, 2.24) is 0 Å². The maximum absolute atomic E-state index is 14.4. The van der Waals surface area contributed by atoms with Gasteiger partial charge in [-0.3, -0.25) is 4.79 Å². The molecule has 0 spiro atoms. The zero-order valence-electron chi connectivity index (χ0n) is 13.6. The molecule has 3 rings (SSSR count). The van der Waals surface area contributed by atoms with Crippen LogP contribution < -0.4 is 5.32 Å². The molecule has 7 heteroatoms. The number of sulfone groups is 1. The number of hydrogen-bond donors (Lipinski definition) is 2. The van der Waals surface area contributed by atoms with Gasteiger partial charge in [0, 0.05) is 11.8 Å². The first-order valence-corrected chi connectivity index (χ1v) is 9.67. The van der Waals surface area contributed by atoms with E-state index in [1.54, 1.807) is 24.3 Å². The van der Waals surface area contributed by atoms with Gasteiger partial charge in [-0.1, -0.05) is 24.3 Å². The fraction of sp³-hybridized carbons (Fsp3) is 0.278. The van der Waals surface area contributed by atoms with E-state index in [1.807, 2.05) is 0 Å². The molecular weight excluding hydrogens is 345 g/mol. The van der Waals surface area contributed by atoms with Crippen molar-refractivity contribution in [3.63, 3.8) is 0 Å². The van der Waals surface area contributed by atoms with E-state index in [1.165, 1.54) is 18.2 Å². The second kappa shape index (κ2) is 6.24. The Morgan fingerprint density at radius 3 is 2.48 bits per heavy atom. The van der Waals surface area contributed by atoms with E-state index in [4.69, 9.17) is 0 Å². The Morgan fingerprint density at radius 1 is 1.24 bits per heavy atom. The number of carbonyl (C=O) groups is 1. The molecule has 0 aromatic heterocycles. The summed E-state index contributed by atoms with van der Waals surface area (Å²) in [4.78, 5) is 12.2. The Kier molecular flexibility index (Phi) is 4.38. The number of hydrogen-bond acceptors (Lipinski definition) is 4. The van der Waals surface area contributed by atoms with Crippen LogP contribution in [0.1, 0.15) is 12.8 Å². The first kappa shape index (κ1) is 17.6. The summed E-state index contributed by atoms with van der Waals surface area (Å²) in [6.07, 6.45) is 2.26. The summed E-state index contributed by atoms with van der Waals surface area (Å²) in [5.74, 6) is -1.07. The van der Waals surface area contributed by atoms with E-state index in [0.29, 0.717) is 24.0 Å². The molecule has 25 heavy (non-hydrogen) atoms. The average Bonchev–Trinajstić information content (AvgIpc) is 3.37. The summed E-state index contributed by atoms with van der Waals surface area (Å²) >= 11 is 0. The molecular formula is C18H18FNO4S. The van der Waals surface area contributed by atoms with Crippen LogP contribution in [0.5, 0.6) is 0 Å². The molecule has 1 saturated carbocycles. The van der Waals surface area contributed by atoms with Crippen LogP contribution in [0.4, 0.5) is 10.1 Å². The molecule has 0 saturated heterocycles. The third-order valence-corrected chi connectivity index (χ3v) is 5.61. The molecule has 132 valence electrons. The van der Waals surface area contributed by atoms with E-state index in [9.17, 15) is 22.7 Å². The molecule has 2 aromatic carbocycles.